The van der Waals surface area contributed by atoms with Gasteiger partial charge in [-0.2, -0.15) is 0 Å². The zero-order valence-corrected chi connectivity index (χ0v) is 23.9. The lowest BCUT2D eigenvalue weighted by molar-refractivity contribution is -0.163. The van der Waals surface area contributed by atoms with E-state index in [1.165, 1.54) is 7.11 Å². The zero-order valence-electron chi connectivity index (χ0n) is 21.9. The highest BCUT2D eigenvalue weighted by Crippen LogP contribution is 2.78. The Morgan fingerprint density at radius 3 is 2.44 bits per heavy atom. The van der Waals surface area contributed by atoms with Gasteiger partial charge in [-0.25, -0.2) is 0 Å². The van der Waals surface area contributed by atoms with Gasteiger partial charge < -0.3 is 18.3 Å². The number of methoxy groups -OCH3 is 1. The Labute approximate surface area is 205 Å². The van der Waals surface area contributed by atoms with E-state index >= 15 is 0 Å². The Hall–Kier alpha value is -1.23. The molecular weight excluding hydrogens is 464 g/mol. The zero-order chi connectivity index (χ0) is 25.1. The molecular formula is C26H40O6Si2. The maximum atomic E-state index is 13.7. The molecule has 4 aliphatic carbocycles. The van der Waals surface area contributed by atoms with Crippen LogP contribution in [0.15, 0.2) is 24.3 Å². The molecule has 5 rings (SSSR count). The van der Waals surface area contributed by atoms with Crippen molar-refractivity contribution < 1.29 is 27.9 Å². The summed E-state index contributed by atoms with van der Waals surface area (Å²) in [6.45, 7) is 19.5. The molecule has 0 aromatic rings. The average molecular weight is 505 g/mol. The summed E-state index contributed by atoms with van der Waals surface area (Å²) >= 11 is 0. The molecule has 6 nitrogen and oxygen atoms in total. The molecule has 0 aromatic heterocycles. The SMILES string of the molecule is C=C1CC23C[C@@]1(O[Si](C)(C)C)CCC2[C@@]12C=CC(O[Si](C)(C)C)[C@@](C)(C(=O)O1)C2C3C(=O)OC. The molecule has 4 bridgehead atoms. The largest absolute Gasteiger partial charge is 0.469 e. The van der Waals surface area contributed by atoms with Gasteiger partial charge in [0.25, 0.3) is 0 Å². The van der Waals surface area contributed by atoms with Crippen molar-refractivity contribution in [1.29, 1.82) is 0 Å². The van der Waals surface area contributed by atoms with Gasteiger partial charge in [-0.1, -0.05) is 12.7 Å². The number of hydrogen-bond donors (Lipinski definition) is 0. The van der Waals surface area contributed by atoms with Gasteiger partial charge in [0.2, 0.25) is 0 Å². The second-order valence-corrected chi connectivity index (χ2v) is 22.4. The monoisotopic (exact) mass is 504 g/mol. The minimum absolute atomic E-state index is 0.0292. The molecule has 1 spiro atoms. The first-order valence-electron chi connectivity index (χ1n) is 12.6. The van der Waals surface area contributed by atoms with Crippen LogP contribution in [0.4, 0.5) is 0 Å². The van der Waals surface area contributed by atoms with Crippen LogP contribution in [0.3, 0.4) is 0 Å². The van der Waals surface area contributed by atoms with Crippen molar-refractivity contribution in [2.75, 3.05) is 7.11 Å². The number of ether oxygens (including phenoxy) is 2. The standard InChI is InChI=1S/C26H40O6Si2/c1-16-14-24-15-25(16,32-34(7,8)9)12-10-17(24)26-13-11-18(31-33(4,5)6)23(2,22(28)30-26)20(26)19(24)21(27)29-3/h11,13,17-20H,1,10,12,14-15H2,2-9H3/t17?,18?,19?,20?,23-,24?,25+,26-/m1/s1. The molecule has 8 heteroatoms. The fraction of sp³-hybridized carbons (Fsp3) is 0.769. The summed E-state index contributed by atoms with van der Waals surface area (Å²) in [6.07, 6.45) is 6.86. The van der Waals surface area contributed by atoms with Crippen LogP contribution in [0.1, 0.15) is 32.6 Å². The van der Waals surface area contributed by atoms with Crippen LogP contribution < -0.4 is 0 Å². The molecule has 1 saturated heterocycles. The van der Waals surface area contributed by atoms with E-state index in [9.17, 15) is 9.59 Å². The van der Waals surface area contributed by atoms with E-state index in [1.54, 1.807) is 0 Å². The third kappa shape index (κ3) is 2.97. The first-order chi connectivity index (χ1) is 15.5. The first-order valence-corrected chi connectivity index (χ1v) is 19.4. The van der Waals surface area contributed by atoms with Crippen LogP contribution in [0.5, 0.6) is 0 Å². The van der Waals surface area contributed by atoms with Gasteiger partial charge in [0, 0.05) is 11.8 Å². The molecule has 4 fully saturated rings. The number of rotatable bonds is 5. The Morgan fingerprint density at radius 2 is 1.85 bits per heavy atom. The molecule has 5 unspecified atom stereocenters. The summed E-state index contributed by atoms with van der Waals surface area (Å²) in [6, 6.07) is 0. The van der Waals surface area contributed by atoms with E-state index in [-0.39, 0.29) is 23.8 Å². The van der Waals surface area contributed by atoms with E-state index < -0.39 is 50.7 Å². The Balaban J connectivity index is 1.67. The Morgan fingerprint density at radius 1 is 1.18 bits per heavy atom. The molecule has 1 aliphatic heterocycles. The smallest absolute Gasteiger partial charge is 0.316 e. The predicted molar refractivity (Wildman–Crippen MR) is 134 cm³/mol. The summed E-state index contributed by atoms with van der Waals surface area (Å²) in [5.74, 6) is -1.27. The van der Waals surface area contributed by atoms with Crippen LogP contribution in [0.2, 0.25) is 39.3 Å². The highest BCUT2D eigenvalue weighted by molar-refractivity contribution is 6.70. The van der Waals surface area contributed by atoms with Gasteiger partial charge in [0.1, 0.15) is 11.0 Å². The molecule has 5 aliphatic rings. The van der Waals surface area contributed by atoms with E-state index in [0.717, 1.165) is 24.8 Å². The number of fused-ring (bicyclic) bond motifs is 1. The van der Waals surface area contributed by atoms with Crippen molar-refractivity contribution in [1.82, 2.24) is 0 Å². The minimum atomic E-state index is -1.98. The summed E-state index contributed by atoms with van der Waals surface area (Å²) in [7, 11) is -2.39. The normalized spacial score (nSPS) is 46.8. The molecule has 34 heavy (non-hydrogen) atoms. The van der Waals surface area contributed by atoms with Gasteiger partial charge in [0.05, 0.1) is 24.7 Å². The van der Waals surface area contributed by atoms with E-state index in [4.69, 9.17) is 18.3 Å². The maximum absolute atomic E-state index is 13.7. The second kappa shape index (κ2) is 6.96. The van der Waals surface area contributed by atoms with Gasteiger partial charge in [-0.15, -0.1) is 0 Å². The number of carbonyl (C=O) groups excluding carboxylic acids is 2. The highest BCUT2D eigenvalue weighted by atomic mass is 28.4. The van der Waals surface area contributed by atoms with E-state index in [1.807, 2.05) is 6.92 Å². The lowest BCUT2D eigenvalue weighted by Crippen LogP contribution is -2.53. The van der Waals surface area contributed by atoms with Crippen molar-refractivity contribution in [2.45, 2.75) is 89.2 Å². The molecule has 1 heterocycles. The van der Waals surface area contributed by atoms with Gasteiger partial charge in [-0.3, -0.25) is 9.59 Å². The number of esters is 2. The summed E-state index contributed by atoms with van der Waals surface area (Å²) in [5.41, 5.74) is -1.45. The minimum Gasteiger partial charge on any atom is -0.469 e. The maximum Gasteiger partial charge on any atom is 0.316 e. The second-order valence-electron chi connectivity index (χ2n) is 13.5. The fourth-order valence-corrected chi connectivity index (χ4v) is 11.1. The quantitative estimate of drug-likeness (QED) is 0.303. The summed E-state index contributed by atoms with van der Waals surface area (Å²) in [4.78, 5) is 27.3. The topological polar surface area (TPSA) is 71.1 Å². The first kappa shape index (κ1) is 24.5. The van der Waals surface area contributed by atoms with Crippen molar-refractivity contribution in [3.8, 4) is 0 Å². The van der Waals surface area contributed by atoms with Gasteiger partial charge >= 0.3 is 11.9 Å². The molecule has 0 N–H and O–H groups in total. The van der Waals surface area contributed by atoms with Crippen molar-refractivity contribution in [3.63, 3.8) is 0 Å². The van der Waals surface area contributed by atoms with Crippen LogP contribution >= 0.6 is 0 Å². The Bertz CT molecular complexity index is 994. The van der Waals surface area contributed by atoms with Crippen LogP contribution in [-0.2, 0) is 27.9 Å². The Kier molecular flexibility index (Phi) is 5.01. The summed E-state index contributed by atoms with van der Waals surface area (Å²) in [5, 5.41) is 0. The van der Waals surface area contributed by atoms with Gasteiger partial charge in [-0.05, 0) is 89.0 Å². The van der Waals surface area contributed by atoms with Crippen LogP contribution in [0.25, 0.3) is 0 Å². The van der Waals surface area contributed by atoms with E-state index in [2.05, 4.69) is 58.0 Å². The molecule has 3 saturated carbocycles. The predicted octanol–water partition coefficient (Wildman–Crippen LogP) is 4.83. The third-order valence-corrected chi connectivity index (χ3v) is 11.2. The van der Waals surface area contributed by atoms with Crippen molar-refractivity contribution in [2.24, 2.45) is 28.6 Å². The fourth-order valence-electron chi connectivity index (χ4n) is 8.49. The number of hydrogen-bond acceptors (Lipinski definition) is 6. The van der Waals surface area contributed by atoms with Crippen molar-refractivity contribution in [3.05, 3.63) is 24.3 Å². The van der Waals surface area contributed by atoms with Gasteiger partial charge in [0.15, 0.2) is 16.6 Å². The third-order valence-electron chi connectivity index (χ3n) is 9.23. The molecule has 0 amide bonds. The number of carbonyl (C=O) groups is 2. The van der Waals surface area contributed by atoms with Crippen molar-refractivity contribution >= 4 is 28.6 Å². The highest BCUT2D eigenvalue weighted by Gasteiger charge is 2.84. The van der Waals surface area contributed by atoms with E-state index in [0.29, 0.717) is 6.42 Å². The molecule has 8 atom stereocenters. The van der Waals surface area contributed by atoms with Crippen LogP contribution in [0, 0.1) is 28.6 Å². The average Bonchev–Trinajstić information content (AvgIpc) is 3.12. The molecule has 0 radical (unpaired) electrons. The van der Waals surface area contributed by atoms with Crippen LogP contribution in [-0.4, -0.2) is 53.0 Å². The molecule has 0 aromatic carbocycles. The molecule has 188 valence electrons. The lowest BCUT2D eigenvalue weighted by atomic mass is 9.61. The summed E-state index contributed by atoms with van der Waals surface area (Å²) < 4.78 is 25.2. The lowest BCUT2D eigenvalue weighted by Gasteiger charge is -2.47.